The Morgan fingerprint density at radius 3 is 2.95 bits per heavy atom. The van der Waals surface area contributed by atoms with Gasteiger partial charge in [-0.25, -0.2) is 0 Å². The number of benzene rings is 1. The molecule has 4 heteroatoms. The molecular weight excluding hydrogens is 264 g/mol. The quantitative estimate of drug-likeness (QED) is 0.901. The standard InChI is InChI=1S/C17H18N2O2/c1-11-5-4-8-18-14(11)10-16(21)19-17-13-7-3-2-6-12(13)9-15(17)20/h2-8,15,17,20H,9-10H2,1H3,(H,19,21)/t15-,17+/m0/s1. The summed E-state index contributed by atoms with van der Waals surface area (Å²) < 4.78 is 0. The van der Waals surface area contributed by atoms with Crippen LogP contribution in [0.15, 0.2) is 42.6 Å². The van der Waals surface area contributed by atoms with Crippen LogP contribution in [0.2, 0.25) is 0 Å². The molecule has 3 rings (SSSR count). The number of aliphatic hydroxyl groups excluding tert-OH is 1. The number of aromatic nitrogens is 1. The zero-order valence-corrected chi connectivity index (χ0v) is 11.9. The van der Waals surface area contributed by atoms with Gasteiger partial charge in [-0.15, -0.1) is 0 Å². The largest absolute Gasteiger partial charge is 0.390 e. The Labute approximate surface area is 123 Å². The van der Waals surface area contributed by atoms with Crippen molar-refractivity contribution in [3.05, 3.63) is 65.0 Å². The normalized spacial score (nSPS) is 20.1. The number of fused-ring (bicyclic) bond motifs is 1. The average molecular weight is 282 g/mol. The first kappa shape index (κ1) is 13.8. The van der Waals surface area contributed by atoms with Crippen LogP contribution in [0.3, 0.4) is 0 Å². The Balaban J connectivity index is 1.72. The Hall–Kier alpha value is -2.20. The number of hydrogen-bond donors (Lipinski definition) is 2. The second-order valence-corrected chi connectivity index (χ2v) is 5.46. The van der Waals surface area contributed by atoms with Crippen molar-refractivity contribution in [1.29, 1.82) is 0 Å². The van der Waals surface area contributed by atoms with Gasteiger partial charge < -0.3 is 10.4 Å². The fourth-order valence-electron chi connectivity index (χ4n) is 2.83. The molecule has 0 spiro atoms. The summed E-state index contributed by atoms with van der Waals surface area (Å²) in [6, 6.07) is 11.3. The Bertz CT molecular complexity index is 669. The van der Waals surface area contributed by atoms with E-state index in [4.69, 9.17) is 0 Å². The van der Waals surface area contributed by atoms with Crippen LogP contribution < -0.4 is 5.32 Å². The molecule has 108 valence electrons. The lowest BCUT2D eigenvalue weighted by molar-refractivity contribution is -0.122. The molecule has 1 aromatic carbocycles. The summed E-state index contributed by atoms with van der Waals surface area (Å²) in [5.74, 6) is -0.113. The van der Waals surface area contributed by atoms with E-state index in [2.05, 4.69) is 10.3 Å². The highest BCUT2D eigenvalue weighted by Gasteiger charge is 2.31. The van der Waals surface area contributed by atoms with Crippen molar-refractivity contribution in [1.82, 2.24) is 10.3 Å². The van der Waals surface area contributed by atoms with Crippen molar-refractivity contribution in [2.24, 2.45) is 0 Å². The van der Waals surface area contributed by atoms with Crippen molar-refractivity contribution in [2.45, 2.75) is 31.9 Å². The lowest BCUT2D eigenvalue weighted by Crippen LogP contribution is -2.35. The minimum absolute atomic E-state index is 0.113. The number of aryl methyl sites for hydroxylation is 1. The number of aliphatic hydroxyl groups is 1. The first-order chi connectivity index (χ1) is 10.1. The van der Waals surface area contributed by atoms with Crippen LogP contribution in [0, 0.1) is 6.92 Å². The zero-order chi connectivity index (χ0) is 14.8. The van der Waals surface area contributed by atoms with Gasteiger partial charge in [0, 0.05) is 12.6 Å². The van der Waals surface area contributed by atoms with Gasteiger partial charge in [-0.3, -0.25) is 9.78 Å². The van der Waals surface area contributed by atoms with Crippen LogP contribution in [-0.4, -0.2) is 22.1 Å². The molecule has 0 aliphatic heterocycles. The smallest absolute Gasteiger partial charge is 0.226 e. The molecular formula is C17H18N2O2. The van der Waals surface area contributed by atoms with Gasteiger partial charge in [-0.1, -0.05) is 30.3 Å². The fourth-order valence-corrected chi connectivity index (χ4v) is 2.83. The van der Waals surface area contributed by atoms with E-state index < -0.39 is 6.10 Å². The molecule has 2 atom stereocenters. The minimum atomic E-state index is -0.559. The molecule has 21 heavy (non-hydrogen) atoms. The van der Waals surface area contributed by atoms with Gasteiger partial charge >= 0.3 is 0 Å². The molecule has 1 aliphatic rings. The molecule has 1 aliphatic carbocycles. The molecule has 1 heterocycles. The second-order valence-electron chi connectivity index (χ2n) is 5.46. The SMILES string of the molecule is Cc1cccnc1CC(=O)N[C@@H]1c2ccccc2C[C@@H]1O. The highest BCUT2D eigenvalue weighted by molar-refractivity contribution is 5.79. The topological polar surface area (TPSA) is 62.2 Å². The summed E-state index contributed by atoms with van der Waals surface area (Å²) in [5, 5.41) is 13.1. The maximum Gasteiger partial charge on any atom is 0.226 e. The first-order valence-corrected chi connectivity index (χ1v) is 7.11. The highest BCUT2D eigenvalue weighted by Crippen LogP contribution is 2.31. The van der Waals surface area contributed by atoms with E-state index in [1.165, 1.54) is 0 Å². The number of carbonyl (C=O) groups is 1. The van der Waals surface area contributed by atoms with Crippen molar-refractivity contribution in [2.75, 3.05) is 0 Å². The Morgan fingerprint density at radius 1 is 1.33 bits per heavy atom. The van der Waals surface area contributed by atoms with Gasteiger partial charge in [0.1, 0.15) is 0 Å². The van der Waals surface area contributed by atoms with Crippen LogP contribution in [0.1, 0.15) is 28.4 Å². The maximum atomic E-state index is 12.2. The number of carbonyl (C=O) groups excluding carboxylic acids is 1. The second kappa shape index (κ2) is 5.66. The van der Waals surface area contributed by atoms with E-state index in [-0.39, 0.29) is 18.4 Å². The zero-order valence-electron chi connectivity index (χ0n) is 11.9. The molecule has 0 radical (unpaired) electrons. The number of pyridine rings is 1. The number of nitrogens with zero attached hydrogens (tertiary/aromatic N) is 1. The summed E-state index contributed by atoms with van der Waals surface area (Å²) in [6.45, 7) is 1.94. The number of hydrogen-bond acceptors (Lipinski definition) is 3. The number of amides is 1. The van der Waals surface area contributed by atoms with Gasteiger partial charge in [-0.2, -0.15) is 0 Å². The number of nitrogens with one attached hydrogen (secondary N) is 1. The predicted molar refractivity (Wildman–Crippen MR) is 79.7 cm³/mol. The van der Waals surface area contributed by atoms with Crippen molar-refractivity contribution >= 4 is 5.91 Å². The molecule has 2 aromatic rings. The third-order valence-electron chi connectivity index (χ3n) is 3.97. The predicted octanol–water partition coefficient (Wildman–Crippen LogP) is 1.71. The Kier molecular flexibility index (Phi) is 3.71. The maximum absolute atomic E-state index is 12.2. The third kappa shape index (κ3) is 2.81. The monoisotopic (exact) mass is 282 g/mol. The molecule has 1 aromatic heterocycles. The van der Waals surface area contributed by atoms with Crippen LogP contribution in [0.25, 0.3) is 0 Å². The van der Waals surface area contributed by atoms with Gasteiger partial charge in [0.15, 0.2) is 0 Å². The molecule has 0 fully saturated rings. The van der Waals surface area contributed by atoms with Gasteiger partial charge in [-0.05, 0) is 29.7 Å². The van der Waals surface area contributed by atoms with Crippen LogP contribution in [0.5, 0.6) is 0 Å². The summed E-state index contributed by atoms with van der Waals surface area (Å²) in [6.07, 6.45) is 1.95. The molecule has 4 nitrogen and oxygen atoms in total. The van der Waals surface area contributed by atoms with Gasteiger partial charge in [0.25, 0.3) is 0 Å². The van der Waals surface area contributed by atoms with E-state index in [1.54, 1.807) is 6.20 Å². The first-order valence-electron chi connectivity index (χ1n) is 7.11. The molecule has 1 amide bonds. The van der Waals surface area contributed by atoms with E-state index >= 15 is 0 Å². The molecule has 2 N–H and O–H groups in total. The number of rotatable bonds is 3. The molecule has 0 saturated carbocycles. The molecule has 0 bridgehead atoms. The van der Waals surface area contributed by atoms with E-state index in [1.807, 2.05) is 43.3 Å². The van der Waals surface area contributed by atoms with Crippen molar-refractivity contribution in [3.8, 4) is 0 Å². The van der Waals surface area contributed by atoms with Crippen molar-refractivity contribution in [3.63, 3.8) is 0 Å². The van der Waals surface area contributed by atoms with Gasteiger partial charge in [0.2, 0.25) is 5.91 Å². The van der Waals surface area contributed by atoms with E-state index in [0.717, 1.165) is 22.4 Å². The highest BCUT2D eigenvalue weighted by atomic mass is 16.3. The third-order valence-corrected chi connectivity index (χ3v) is 3.97. The fraction of sp³-hybridized carbons (Fsp3) is 0.294. The lowest BCUT2D eigenvalue weighted by atomic mass is 10.1. The minimum Gasteiger partial charge on any atom is -0.390 e. The summed E-state index contributed by atoms with van der Waals surface area (Å²) >= 11 is 0. The van der Waals surface area contributed by atoms with Crippen LogP contribution >= 0.6 is 0 Å². The van der Waals surface area contributed by atoms with E-state index in [0.29, 0.717) is 6.42 Å². The van der Waals surface area contributed by atoms with Crippen LogP contribution in [-0.2, 0) is 17.6 Å². The lowest BCUT2D eigenvalue weighted by Gasteiger charge is -2.18. The molecule has 0 unspecified atom stereocenters. The van der Waals surface area contributed by atoms with Crippen LogP contribution in [0.4, 0.5) is 0 Å². The van der Waals surface area contributed by atoms with E-state index in [9.17, 15) is 9.90 Å². The average Bonchev–Trinajstić information content (AvgIpc) is 2.78. The summed E-state index contributed by atoms with van der Waals surface area (Å²) in [5.41, 5.74) is 3.89. The summed E-state index contributed by atoms with van der Waals surface area (Å²) in [7, 11) is 0. The van der Waals surface area contributed by atoms with Gasteiger partial charge in [0.05, 0.1) is 24.3 Å². The summed E-state index contributed by atoms with van der Waals surface area (Å²) in [4.78, 5) is 16.4. The molecule has 0 saturated heterocycles. The Morgan fingerprint density at radius 2 is 2.14 bits per heavy atom. The van der Waals surface area contributed by atoms with Crippen molar-refractivity contribution < 1.29 is 9.90 Å².